The highest BCUT2D eigenvalue weighted by Crippen LogP contribution is 2.33. The molecule has 1 aromatic rings. The third kappa shape index (κ3) is 2.00. The zero-order chi connectivity index (χ0) is 11.8. The maximum Gasteiger partial charge on any atom is 0.417 e. The van der Waals surface area contributed by atoms with E-state index in [1.54, 1.807) is 0 Å². The molecular formula is C10H7F4NO. The molecule has 0 fully saturated rings. The molecule has 1 heterocycles. The third-order valence-corrected chi connectivity index (χ3v) is 2.10. The summed E-state index contributed by atoms with van der Waals surface area (Å²) < 4.78 is 55.5. The summed E-state index contributed by atoms with van der Waals surface area (Å²) in [5, 5.41) is 0. The molecule has 2 rings (SSSR count). The first-order valence-corrected chi connectivity index (χ1v) is 4.53. The molecule has 86 valence electrons. The van der Waals surface area contributed by atoms with E-state index >= 15 is 0 Å². The smallest absolute Gasteiger partial charge is 0.417 e. The second-order valence-corrected chi connectivity index (χ2v) is 3.22. The predicted octanol–water partition coefficient (Wildman–Crippen LogP) is 2.62. The van der Waals surface area contributed by atoms with Crippen molar-refractivity contribution in [2.45, 2.75) is 6.18 Å². The fourth-order valence-corrected chi connectivity index (χ4v) is 1.44. The Kier molecular flexibility index (Phi) is 2.57. The predicted molar refractivity (Wildman–Crippen MR) is 48.8 cm³/mol. The maximum absolute atomic E-state index is 12.8. The number of benzene rings is 1. The van der Waals surface area contributed by atoms with Crippen molar-refractivity contribution in [3.63, 3.8) is 0 Å². The summed E-state index contributed by atoms with van der Waals surface area (Å²) in [6, 6.07) is 2.43. The Hall–Kier alpha value is -1.59. The summed E-state index contributed by atoms with van der Waals surface area (Å²) in [5.41, 5.74) is -1.28. The molecule has 0 spiro atoms. The molecule has 0 saturated carbocycles. The molecule has 0 amide bonds. The minimum atomic E-state index is -4.62. The fourth-order valence-electron chi connectivity index (χ4n) is 1.44. The van der Waals surface area contributed by atoms with Crippen molar-refractivity contribution in [3.8, 4) is 0 Å². The Morgan fingerprint density at radius 1 is 1.25 bits per heavy atom. The van der Waals surface area contributed by atoms with Crippen LogP contribution in [-0.4, -0.2) is 19.0 Å². The summed E-state index contributed by atoms with van der Waals surface area (Å²) in [7, 11) is 0. The van der Waals surface area contributed by atoms with E-state index < -0.39 is 17.6 Å². The Morgan fingerprint density at radius 3 is 2.56 bits per heavy atom. The molecule has 1 aliphatic heterocycles. The average Bonchev–Trinajstić information content (AvgIpc) is 2.69. The summed E-state index contributed by atoms with van der Waals surface area (Å²) in [4.78, 5) is 3.78. The van der Waals surface area contributed by atoms with Gasteiger partial charge in [0.2, 0.25) is 5.90 Å². The van der Waals surface area contributed by atoms with Crippen molar-refractivity contribution in [1.29, 1.82) is 0 Å². The molecule has 6 heteroatoms. The average molecular weight is 233 g/mol. The minimum absolute atomic E-state index is 0.0766. The number of alkyl halides is 3. The van der Waals surface area contributed by atoms with E-state index in [-0.39, 0.29) is 18.1 Å². The van der Waals surface area contributed by atoms with Crippen LogP contribution in [0.15, 0.2) is 23.2 Å². The van der Waals surface area contributed by atoms with Gasteiger partial charge >= 0.3 is 6.18 Å². The van der Waals surface area contributed by atoms with Gasteiger partial charge in [0.05, 0.1) is 12.1 Å². The van der Waals surface area contributed by atoms with E-state index in [9.17, 15) is 17.6 Å². The second kappa shape index (κ2) is 3.77. The van der Waals surface area contributed by atoms with Crippen molar-refractivity contribution in [2.75, 3.05) is 13.2 Å². The van der Waals surface area contributed by atoms with Crippen molar-refractivity contribution in [1.82, 2.24) is 0 Å². The molecule has 0 aliphatic carbocycles. The number of nitrogens with zero attached hydrogens (tertiary/aromatic N) is 1. The Bertz CT molecular complexity index is 439. The van der Waals surface area contributed by atoms with Crippen LogP contribution in [0.4, 0.5) is 17.6 Å². The van der Waals surface area contributed by atoms with Crippen LogP contribution in [-0.2, 0) is 10.9 Å². The normalized spacial score (nSPS) is 15.9. The highest BCUT2D eigenvalue weighted by Gasteiger charge is 2.35. The lowest BCUT2D eigenvalue weighted by atomic mass is 10.1. The Morgan fingerprint density at radius 2 is 2.00 bits per heavy atom. The molecule has 0 bridgehead atoms. The number of rotatable bonds is 1. The number of aliphatic imine (C=N–C) groups is 1. The number of halogens is 4. The standard InChI is InChI=1S/C10H7F4NO/c11-6-1-2-7(9-15-3-4-16-9)8(5-6)10(12,13)14/h1-2,5H,3-4H2. The van der Waals surface area contributed by atoms with Crippen molar-refractivity contribution < 1.29 is 22.3 Å². The summed E-state index contributed by atoms with van der Waals surface area (Å²) in [5.74, 6) is -1.01. The molecule has 16 heavy (non-hydrogen) atoms. The van der Waals surface area contributed by atoms with E-state index in [1.165, 1.54) is 0 Å². The molecular weight excluding hydrogens is 226 g/mol. The van der Waals surface area contributed by atoms with E-state index in [0.717, 1.165) is 12.1 Å². The SMILES string of the molecule is Fc1ccc(C2=NCCO2)c(C(F)(F)F)c1. The quantitative estimate of drug-likeness (QED) is 0.683. The number of hydrogen-bond acceptors (Lipinski definition) is 2. The lowest BCUT2D eigenvalue weighted by Gasteiger charge is -2.12. The van der Waals surface area contributed by atoms with Crippen LogP contribution in [0.5, 0.6) is 0 Å². The van der Waals surface area contributed by atoms with Crippen LogP contribution in [0.25, 0.3) is 0 Å². The summed E-state index contributed by atoms with van der Waals surface area (Å²) in [6.07, 6.45) is -4.62. The van der Waals surface area contributed by atoms with Gasteiger partial charge in [-0.1, -0.05) is 0 Å². The largest absolute Gasteiger partial charge is 0.475 e. The highest BCUT2D eigenvalue weighted by molar-refractivity contribution is 5.96. The van der Waals surface area contributed by atoms with Gasteiger partial charge < -0.3 is 4.74 Å². The molecule has 0 radical (unpaired) electrons. The lowest BCUT2D eigenvalue weighted by Crippen LogP contribution is -2.14. The maximum atomic E-state index is 12.8. The number of hydrogen-bond donors (Lipinski definition) is 0. The molecule has 2 nitrogen and oxygen atoms in total. The van der Waals surface area contributed by atoms with Gasteiger partial charge in [0.1, 0.15) is 12.4 Å². The van der Waals surface area contributed by atoms with Gasteiger partial charge in [0.15, 0.2) is 0 Å². The molecule has 1 aromatic carbocycles. The van der Waals surface area contributed by atoms with Gasteiger partial charge in [-0.05, 0) is 18.2 Å². The van der Waals surface area contributed by atoms with Gasteiger partial charge in [0.25, 0.3) is 0 Å². The second-order valence-electron chi connectivity index (χ2n) is 3.22. The Labute approximate surface area is 88.6 Å². The van der Waals surface area contributed by atoms with Gasteiger partial charge in [-0.25, -0.2) is 9.38 Å². The fraction of sp³-hybridized carbons (Fsp3) is 0.300. The minimum Gasteiger partial charge on any atom is -0.475 e. The topological polar surface area (TPSA) is 21.6 Å². The van der Waals surface area contributed by atoms with Gasteiger partial charge in [-0.2, -0.15) is 13.2 Å². The molecule has 1 aliphatic rings. The van der Waals surface area contributed by atoms with Crippen LogP contribution in [0, 0.1) is 5.82 Å². The molecule has 0 unspecified atom stereocenters. The van der Waals surface area contributed by atoms with Crippen molar-refractivity contribution >= 4 is 5.90 Å². The van der Waals surface area contributed by atoms with E-state index in [4.69, 9.17) is 4.74 Å². The zero-order valence-electron chi connectivity index (χ0n) is 8.01. The zero-order valence-corrected chi connectivity index (χ0v) is 8.01. The lowest BCUT2D eigenvalue weighted by molar-refractivity contribution is -0.138. The summed E-state index contributed by atoms with van der Waals surface area (Å²) in [6.45, 7) is 0.577. The van der Waals surface area contributed by atoms with E-state index in [0.29, 0.717) is 12.6 Å². The monoisotopic (exact) mass is 233 g/mol. The highest BCUT2D eigenvalue weighted by atomic mass is 19.4. The summed E-state index contributed by atoms with van der Waals surface area (Å²) >= 11 is 0. The van der Waals surface area contributed by atoms with Gasteiger partial charge in [-0.3, -0.25) is 0 Å². The third-order valence-electron chi connectivity index (χ3n) is 2.10. The van der Waals surface area contributed by atoms with Crippen LogP contribution in [0.1, 0.15) is 11.1 Å². The molecule has 0 saturated heterocycles. The van der Waals surface area contributed by atoms with Crippen LogP contribution < -0.4 is 0 Å². The Balaban J connectivity index is 2.52. The molecule has 0 aromatic heterocycles. The van der Waals surface area contributed by atoms with Crippen molar-refractivity contribution in [2.24, 2.45) is 4.99 Å². The van der Waals surface area contributed by atoms with Crippen molar-refractivity contribution in [3.05, 3.63) is 35.1 Å². The molecule has 0 atom stereocenters. The van der Waals surface area contributed by atoms with Crippen LogP contribution in [0.3, 0.4) is 0 Å². The molecule has 0 N–H and O–H groups in total. The van der Waals surface area contributed by atoms with Gasteiger partial charge in [0, 0.05) is 5.56 Å². The van der Waals surface area contributed by atoms with E-state index in [1.807, 2.05) is 0 Å². The van der Waals surface area contributed by atoms with Crippen LogP contribution in [0.2, 0.25) is 0 Å². The first-order valence-electron chi connectivity index (χ1n) is 4.53. The first-order chi connectivity index (χ1) is 7.48. The van der Waals surface area contributed by atoms with E-state index in [2.05, 4.69) is 4.99 Å². The van der Waals surface area contributed by atoms with Gasteiger partial charge in [-0.15, -0.1) is 0 Å². The first kappa shape index (κ1) is 10.9. The number of ether oxygens (including phenoxy) is 1. The van der Waals surface area contributed by atoms with Crippen LogP contribution >= 0.6 is 0 Å².